The Labute approximate surface area is 112 Å². The molecule has 0 aliphatic rings. The predicted octanol–water partition coefficient (Wildman–Crippen LogP) is 3.21. The molecule has 0 amide bonds. The van der Waals surface area contributed by atoms with Gasteiger partial charge < -0.3 is 0 Å². The SMILES string of the molecule is CC[C@H](C)NS(=O)(=O)Cc1ccc(Cl)cc1Cl. The molecule has 0 bridgehead atoms. The van der Waals surface area contributed by atoms with Crippen LogP contribution in [0.3, 0.4) is 0 Å². The zero-order valence-electron chi connectivity index (χ0n) is 9.70. The summed E-state index contributed by atoms with van der Waals surface area (Å²) < 4.78 is 26.2. The van der Waals surface area contributed by atoms with Gasteiger partial charge in [-0.05, 0) is 31.0 Å². The Morgan fingerprint density at radius 3 is 2.53 bits per heavy atom. The molecule has 0 unspecified atom stereocenters. The fraction of sp³-hybridized carbons (Fsp3) is 0.455. The first kappa shape index (κ1) is 14.8. The van der Waals surface area contributed by atoms with E-state index in [9.17, 15) is 8.42 Å². The highest BCUT2D eigenvalue weighted by atomic mass is 35.5. The van der Waals surface area contributed by atoms with Gasteiger partial charge in [0.05, 0.1) is 5.75 Å². The third-order valence-electron chi connectivity index (χ3n) is 2.35. The zero-order chi connectivity index (χ0) is 13.1. The Kier molecular flexibility index (Phi) is 5.25. The van der Waals surface area contributed by atoms with Crippen LogP contribution in [0.25, 0.3) is 0 Å². The largest absolute Gasteiger partial charge is 0.216 e. The van der Waals surface area contributed by atoms with Crippen molar-refractivity contribution in [2.75, 3.05) is 0 Å². The maximum absolute atomic E-state index is 11.8. The Morgan fingerprint density at radius 2 is 2.00 bits per heavy atom. The van der Waals surface area contributed by atoms with Crippen LogP contribution in [0.15, 0.2) is 18.2 Å². The van der Waals surface area contributed by atoms with E-state index in [1.54, 1.807) is 12.1 Å². The Morgan fingerprint density at radius 1 is 1.35 bits per heavy atom. The van der Waals surface area contributed by atoms with E-state index >= 15 is 0 Å². The maximum Gasteiger partial charge on any atom is 0.216 e. The fourth-order valence-electron chi connectivity index (χ4n) is 1.27. The van der Waals surface area contributed by atoms with Crippen molar-refractivity contribution in [3.63, 3.8) is 0 Å². The summed E-state index contributed by atoms with van der Waals surface area (Å²) in [5.74, 6) is -0.132. The van der Waals surface area contributed by atoms with E-state index in [0.29, 0.717) is 15.6 Å². The van der Waals surface area contributed by atoms with E-state index in [0.717, 1.165) is 6.42 Å². The summed E-state index contributed by atoms with van der Waals surface area (Å²) in [6.07, 6.45) is 0.744. The molecule has 96 valence electrons. The van der Waals surface area contributed by atoms with Gasteiger partial charge in [-0.2, -0.15) is 0 Å². The van der Waals surface area contributed by atoms with Crippen molar-refractivity contribution in [3.05, 3.63) is 33.8 Å². The van der Waals surface area contributed by atoms with Crippen LogP contribution in [0, 0.1) is 0 Å². The molecule has 1 atom stereocenters. The fourth-order valence-corrected chi connectivity index (χ4v) is 3.35. The highest BCUT2D eigenvalue weighted by molar-refractivity contribution is 7.88. The number of benzene rings is 1. The lowest BCUT2D eigenvalue weighted by molar-refractivity contribution is 0.555. The molecule has 1 aromatic rings. The molecule has 0 heterocycles. The molecule has 1 N–H and O–H groups in total. The Hall–Kier alpha value is -0.290. The van der Waals surface area contributed by atoms with E-state index in [1.807, 2.05) is 13.8 Å². The van der Waals surface area contributed by atoms with E-state index < -0.39 is 10.0 Å². The molecular weight excluding hydrogens is 281 g/mol. The summed E-state index contributed by atoms with van der Waals surface area (Å²) in [7, 11) is -3.36. The highest BCUT2D eigenvalue weighted by Crippen LogP contribution is 2.22. The number of halogens is 2. The first-order chi connectivity index (χ1) is 7.84. The lowest BCUT2D eigenvalue weighted by Crippen LogP contribution is -2.33. The van der Waals surface area contributed by atoms with E-state index in [2.05, 4.69) is 4.72 Å². The smallest absolute Gasteiger partial charge is 0.212 e. The van der Waals surface area contributed by atoms with Gasteiger partial charge in [0, 0.05) is 16.1 Å². The summed E-state index contributed by atoms with van der Waals surface area (Å²) in [5, 5.41) is 0.859. The molecule has 0 aliphatic carbocycles. The second kappa shape index (κ2) is 6.05. The minimum atomic E-state index is -3.36. The average molecular weight is 296 g/mol. The number of sulfonamides is 1. The van der Waals surface area contributed by atoms with E-state index in [4.69, 9.17) is 23.2 Å². The number of rotatable bonds is 5. The molecule has 0 radical (unpaired) electrons. The van der Waals surface area contributed by atoms with Crippen LogP contribution in [-0.2, 0) is 15.8 Å². The Bertz CT molecular complexity index is 488. The quantitative estimate of drug-likeness (QED) is 0.907. The van der Waals surface area contributed by atoms with Gasteiger partial charge >= 0.3 is 0 Å². The standard InChI is InChI=1S/C11H15Cl2NO2S/c1-3-8(2)14-17(15,16)7-9-4-5-10(12)6-11(9)13/h4-6,8,14H,3,7H2,1-2H3/t8-/m0/s1. The minimum absolute atomic E-state index is 0.0777. The van der Waals surface area contributed by atoms with Gasteiger partial charge in [-0.3, -0.25) is 0 Å². The lowest BCUT2D eigenvalue weighted by atomic mass is 10.2. The normalized spacial score (nSPS) is 13.6. The van der Waals surface area contributed by atoms with Crippen molar-refractivity contribution in [2.45, 2.75) is 32.1 Å². The van der Waals surface area contributed by atoms with Crippen molar-refractivity contribution in [1.29, 1.82) is 0 Å². The van der Waals surface area contributed by atoms with Gasteiger partial charge in [-0.25, -0.2) is 13.1 Å². The van der Waals surface area contributed by atoms with Crippen molar-refractivity contribution in [3.8, 4) is 0 Å². The predicted molar refractivity (Wildman–Crippen MR) is 72.0 cm³/mol. The van der Waals surface area contributed by atoms with Gasteiger partial charge in [0.1, 0.15) is 0 Å². The molecule has 0 saturated carbocycles. The molecule has 0 aromatic heterocycles. The van der Waals surface area contributed by atoms with Gasteiger partial charge in [0.25, 0.3) is 0 Å². The van der Waals surface area contributed by atoms with Crippen molar-refractivity contribution < 1.29 is 8.42 Å². The number of hydrogen-bond acceptors (Lipinski definition) is 2. The molecule has 0 spiro atoms. The van der Waals surface area contributed by atoms with Gasteiger partial charge in [-0.15, -0.1) is 0 Å². The first-order valence-electron chi connectivity index (χ1n) is 5.28. The van der Waals surface area contributed by atoms with Crippen LogP contribution in [0.2, 0.25) is 10.0 Å². The minimum Gasteiger partial charge on any atom is -0.212 e. The molecule has 0 saturated heterocycles. The zero-order valence-corrected chi connectivity index (χ0v) is 12.0. The summed E-state index contributed by atoms with van der Waals surface area (Å²) >= 11 is 11.7. The molecule has 1 rings (SSSR count). The van der Waals surface area contributed by atoms with Gasteiger partial charge in [0.15, 0.2) is 0 Å². The summed E-state index contributed by atoms with van der Waals surface area (Å²) in [4.78, 5) is 0. The third-order valence-corrected chi connectivity index (χ3v) is 4.39. The van der Waals surface area contributed by atoms with Crippen LogP contribution >= 0.6 is 23.2 Å². The summed E-state index contributed by atoms with van der Waals surface area (Å²) in [6, 6.07) is 4.71. The van der Waals surface area contributed by atoms with E-state index in [1.165, 1.54) is 6.07 Å². The average Bonchev–Trinajstić information content (AvgIpc) is 2.21. The summed E-state index contributed by atoms with van der Waals surface area (Å²) in [6.45, 7) is 3.74. The lowest BCUT2D eigenvalue weighted by Gasteiger charge is -2.12. The third kappa shape index (κ3) is 4.84. The van der Waals surface area contributed by atoms with Gasteiger partial charge in [0.2, 0.25) is 10.0 Å². The molecule has 6 heteroatoms. The van der Waals surface area contributed by atoms with Crippen molar-refractivity contribution in [2.24, 2.45) is 0 Å². The van der Waals surface area contributed by atoms with Gasteiger partial charge in [-0.1, -0.05) is 36.2 Å². The number of nitrogens with one attached hydrogen (secondary N) is 1. The van der Waals surface area contributed by atoms with Crippen LogP contribution in [0.5, 0.6) is 0 Å². The molecule has 0 fully saturated rings. The van der Waals surface area contributed by atoms with E-state index in [-0.39, 0.29) is 11.8 Å². The summed E-state index contributed by atoms with van der Waals surface area (Å²) in [5.41, 5.74) is 0.548. The second-order valence-electron chi connectivity index (χ2n) is 3.92. The topological polar surface area (TPSA) is 46.2 Å². The van der Waals surface area contributed by atoms with Crippen LogP contribution in [0.4, 0.5) is 0 Å². The van der Waals surface area contributed by atoms with Crippen LogP contribution in [-0.4, -0.2) is 14.5 Å². The molecular formula is C11H15Cl2NO2S. The first-order valence-corrected chi connectivity index (χ1v) is 7.69. The van der Waals surface area contributed by atoms with Crippen LogP contribution < -0.4 is 4.72 Å². The highest BCUT2D eigenvalue weighted by Gasteiger charge is 2.16. The van der Waals surface area contributed by atoms with Crippen LogP contribution in [0.1, 0.15) is 25.8 Å². The maximum atomic E-state index is 11.8. The second-order valence-corrected chi connectivity index (χ2v) is 6.52. The number of hydrogen-bond donors (Lipinski definition) is 1. The molecule has 3 nitrogen and oxygen atoms in total. The monoisotopic (exact) mass is 295 g/mol. The molecule has 0 aliphatic heterocycles. The van der Waals surface area contributed by atoms with Crippen molar-refractivity contribution in [1.82, 2.24) is 4.72 Å². The molecule has 1 aromatic carbocycles. The molecule has 17 heavy (non-hydrogen) atoms. The van der Waals surface area contributed by atoms with Crippen molar-refractivity contribution >= 4 is 33.2 Å². The Balaban J connectivity index is 2.83.